The van der Waals surface area contributed by atoms with Gasteiger partial charge in [0.05, 0.1) is 0 Å². The second-order valence-corrected chi connectivity index (χ2v) is 9.44. The Bertz CT molecular complexity index is 1020. The van der Waals surface area contributed by atoms with Crippen LogP contribution in [0, 0.1) is 5.92 Å². The van der Waals surface area contributed by atoms with Gasteiger partial charge in [-0.2, -0.15) is 4.31 Å². The van der Waals surface area contributed by atoms with Crippen molar-refractivity contribution in [2.45, 2.75) is 37.1 Å². The molecule has 0 spiro atoms. The summed E-state index contributed by atoms with van der Waals surface area (Å²) in [6, 6.07) is 8.67. The summed E-state index contributed by atoms with van der Waals surface area (Å²) in [5.41, 5.74) is 1.73. The molecule has 29 heavy (non-hydrogen) atoms. The molecule has 8 nitrogen and oxygen atoms in total. The van der Waals surface area contributed by atoms with E-state index in [2.05, 4.69) is 15.6 Å². The van der Waals surface area contributed by atoms with E-state index in [0.717, 1.165) is 31.2 Å². The predicted molar refractivity (Wildman–Crippen MR) is 108 cm³/mol. The van der Waals surface area contributed by atoms with Crippen LogP contribution in [-0.2, 0) is 21.4 Å². The van der Waals surface area contributed by atoms with Crippen LogP contribution in [0.15, 0.2) is 41.4 Å². The fourth-order valence-corrected chi connectivity index (χ4v) is 4.87. The zero-order valence-electron chi connectivity index (χ0n) is 16.0. The standard InChI is InChI=1S/C20H24N4O4S/c25-19(15-6-7-15)23-16-5-3-4-14(10-16)12-22-20(26)18-11-17(13-21-18)29(27,28)24-8-1-2-9-24/h3-5,10-11,13,15,21H,1-2,6-9,12H2,(H,22,26)(H,23,25). The van der Waals surface area contributed by atoms with Gasteiger partial charge in [0.15, 0.2) is 0 Å². The fourth-order valence-electron chi connectivity index (χ4n) is 3.36. The minimum Gasteiger partial charge on any atom is -0.356 e. The van der Waals surface area contributed by atoms with E-state index in [4.69, 9.17) is 0 Å². The Hall–Kier alpha value is -2.65. The topological polar surface area (TPSA) is 111 Å². The normalized spacial score (nSPS) is 17.2. The van der Waals surface area contributed by atoms with Crippen molar-refractivity contribution < 1.29 is 18.0 Å². The maximum absolute atomic E-state index is 12.6. The van der Waals surface area contributed by atoms with Crippen molar-refractivity contribution >= 4 is 27.5 Å². The monoisotopic (exact) mass is 416 g/mol. The fraction of sp³-hybridized carbons (Fsp3) is 0.400. The molecule has 1 aromatic heterocycles. The van der Waals surface area contributed by atoms with E-state index < -0.39 is 10.0 Å². The van der Waals surface area contributed by atoms with Crippen molar-refractivity contribution in [3.8, 4) is 0 Å². The van der Waals surface area contributed by atoms with Gasteiger partial charge in [-0.05, 0) is 49.4 Å². The second kappa shape index (κ2) is 8.00. The molecule has 2 aliphatic rings. The van der Waals surface area contributed by atoms with Gasteiger partial charge in [-0.1, -0.05) is 12.1 Å². The van der Waals surface area contributed by atoms with Crippen LogP contribution in [-0.4, -0.2) is 42.6 Å². The van der Waals surface area contributed by atoms with Crippen molar-refractivity contribution in [1.29, 1.82) is 0 Å². The van der Waals surface area contributed by atoms with Gasteiger partial charge in [0.1, 0.15) is 10.6 Å². The summed E-state index contributed by atoms with van der Waals surface area (Å²) < 4.78 is 26.6. The van der Waals surface area contributed by atoms with Crippen LogP contribution in [0.2, 0.25) is 0 Å². The molecular weight excluding hydrogens is 392 g/mol. The van der Waals surface area contributed by atoms with Crippen LogP contribution in [0.4, 0.5) is 5.69 Å². The highest BCUT2D eigenvalue weighted by Crippen LogP contribution is 2.30. The number of benzene rings is 1. The summed E-state index contributed by atoms with van der Waals surface area (Å²) in [5, 5.41) is 5.65. The van der Waals surface area contributed by atoms with Gasteiger partial charge in [0.25, 0.3) is 5.91 Å². The van der Waals surface area contributed by atoms with Gasteiger partial charge < -0.3 is 15.6 Å². The van der Waals surface area contributed by atoms with Gasteiger partial charge in [-0.15, -0.1) is 0 Å². The summed E-state index contributed by atoms with van der Waals surface area (Å²) in [7, 11) is -3.56. The largest absolute Gasteiger partial charge is 0.356 e. The highest BCUT2D eigenvalue weighted by molar-refractivity contribution is 7.89. The van der Waals surface area contributed by atoms with E-state index in [1.54, 1.807) is 0 Å². The molecule has 3 N–H and O–H groups in total. The Labute approximate surface area is 169 Å². The third-order valence-electron chi connectivity index (χ3n) is 5.20. The number of nitrogens with one attached hydrogen (secondary N) is 3. The lowest BCUT2D eigenvalue weighted by Crippen LogP contribution is -2.27. The molecule has 2 fully saturated rings. The molecule has 2 heterocycles. The van der Waals surface area contributed by atoms with Crippen molar-refractivity contribution in [1.82, 2.24) is 14.6 Å². The second-order valence-electron chi connectivity index (χ2n) is 7.51. The molecule has 1 aromatic carbocycles. The number of carbonyl (C=O) groups is 2. The Kier molecular flexibility index (Phi) is 5.42. The van der Waals surface area contributed by atoms with Crippen LogP contribution in [0.5, 0.6) is 0 Å². The number of hydrogen-bond acceptors (Lipinski definition) is 4. The maximum atomic E-state index is 12.6. The number of rotatable bonds is 7. The SMILES string of the molecule is O=C(NCc1cccc(NC(=O)C2CC2)c1)c1cc(S(=O)(=O)N2CCCC2)c[nH]1. The van der Waals surface area contributed by atoms with Crippen molar-refractivity contribution in [2.75, 3.05) is 18.4 Å². The Balaban J connectivity index is 1.36. The van der Waals surface area contributed by atoms with E-state index in [0.29, 0.717) is 18.8 Å². The van der Waals surface area contributed by atoms with Crippen LogP contribution >= 0.6 is 0 Å². The number of nitrogens with zero attached hydrogens (tertiary/aromatic N) is 1. The van der Waals surface area contributed by atoms with E-state index in [-0.39, 0.29) is 34.9 Å². The molecule has 154 valence electrons. The molecule has 0 bridgehead atoms. The van der Waals surface area contributed by atoms with Crippen LogP contribution in [0.1, 0.15) is 41.7 Å². The minimum atomic E-state index is -3.56. The van der Waals surface area contributed by atoms with Crippen LogP contribution in [0.3, 0.4) is 0 Å². The van der Waals surface area contributed by atoms with Crippen molar-refractivity contribution in [3.05, 3.63) is 47.8 Å². The molecule has 0 unspecified atom stereocenters. The molecular formula is C20H24N4O4S. The summed E-state index contributed by atoms with van der Waals surface area (Å²) >= 11 is 0. The van der Waals surface area contributed by atoms with E-state index in [1.165, 1.54) is 16.6 Å². The van der Waals surface area contributed by atoms with E-state index >= 15 is 0 Å². The van der Waals surface area contributed by atoms with Crippen LogP contribution in [0.25, 0.3) is 0 Å². The first-order valence-corrected chi connectivity index (χ1v) is 11.2. The molecule has 1 aliphatic carbocycles. The molecule has 1 saturated heterocycles. The van der Waals surface area contributed by atoms with Gasteiger partial charge in [-0.25, -0.2) is 8.42 Å². The molecule has 4 rings (SSSR count). The average molecular weight is 417 g/mol. The number of aromatic nitrogens is 1. The third-order valence-corrected chi connectivity index (χ3v) is 7.08. The number of hydrogen-bond donors (Lipinski definition) is 3. The highest BCUT2D eigenvalue weighted by atomic mass is 32.2. The van der Waals surface area contributed by atoms with Gasteiger partial charge in [0, 0.05) is 37.4 Å². The molecule has 1 aliphatic heterocycles. The lowest BCUT2D eigenvalue weighted by Gasteiger charge is -2.13. The summed E-state index contributed by atoms with van der Waals surface area (Å²) in [6.07, 6.45) is 4.95. The first-order chi connectivity index (χ1) is 13.9. The Morgan fingerprint density at radius 2 is 1.90 bits per heavy atom. The van der Waals surface area contributed by atoms with Crippen LogP contribution < -0.4 is 10.6 Å². The summed E-state index contributed by atoms with van der Waals surface area (Å²) in [4.78, 5) is 27.2. The highest BCUT2D eigenvalue weighted by Gasteiger charge is 2.30. The van der Waals surface area contributed by atoms with E-state index in [1.807, 2.05) is 24.3 Å². The zero-order chi connectivity index (χ0) is 20.4. The van der Waals surface area contributed by atoms with Crippen molar-refractivity contribution in [3.63, 3.8) is 0 Å². The predicted octanol–water partition coefficient (Wildman–Crippen LogP) is 2.08. The van der Waals surface area contributed by atoms with Gasteiger partial charge in [0.2, 0.25) is 15.9 Å². The van der Waals surface area contributed by atoms with Gasteiger partial charge >= 0.3 is 0 Å². The Morgan fingerprint density at radius 3 is 2.62 bits per heavy atom. The lowest BCUT2D eigenvalue weighted by molar-refractivity contribution is -0.117. The summed E-state index contributed by atoms with van der Waals surface area (Å²) in [6.45, 7) is 1.30. The molecule has 2 amide bonds. The molecule has 2 aromatic rings. The summed E-state index contributed by atoms with van der Waals surface area (Å²) in [5.74, 6) is -0.234. The quantitative estimate of drug-likeness (QED) is 0.642. The number of amides is 2. The zero-order valence-corrected chi connectivity index (χ0v) is 16.8. The number of aromatic amines is 1. The third kappa shape index (κ3) is 4.51. The average Bonchev–Trinajstić information content (AvgIpc) is 3.19. The molecule has 1 saturated carbocycles. The Morgan fingerprint density at radius 1 is 1.14 bits per heavy atom. The number of sulfonamides is 1. The lowest BCUT2D eigenvalue weighted by atomic mass is 10.2. The number of anilines is 1. The first-order valence-electron chi connectivity index (χ1n) is 9.80. The maximum Gasteiger partial charge on any atom is 0.268 e. The van der Waals surface area contributed by atoms with Crippen molar-refractivity contribution in [2.24, 2.45) is 5.92 Å². The molecule has 9 heteroatoms. The molecule has 0 atom stereocenters. The smallest absolute Gasteiger partial charge is 0.268 e. The minimum absolute atomic E-state index is 0.0318. The number of H-pyrrole nitrogens is 1. The first kappa shape index (κ1) is 19.7. The number of carbonyl (C=O) groups excluding carboxylic acids is 2. The van der Waals surface area contributed by atoms with E-state index in [9.17, 15) is 18.0 Å². The van der Waals surface area contributed by atoms with Gasteiger partial charge in [-0.3, -0.25) is 9.59 Å². The molecule has 0 radical (unpaired) electrons.